The SMILES string of the molecule is C#C.CC(C)C.C[C@@H](CO)CC[C@H](CC1CCCCC1)NC(=O)CNC(=O)[C@H](Cc1ccccc1)OC(=O)N1CCOCC1. The average Bonchev–Trinajstić information content (AvgIpc) is 3.04. The van der Waals surface area contributed by atoms with Crippen LogP contribution in [0, 0.1) is 30.6 Å². The Morgan fingerprint density at radius 2 is 1.61 bits per heavy atom. The molecule has 44 heavy (non-hydrogen) atoms. The number of ether oxygens (including phenoxy) is 2. The Hall–Kier alpha value is -3.09. The van der Waals surface area contributed by atoms with Gasteiger partial charge in [-0.05, 0) is 42.6 Å². The molecule has 3 N–H and O–H groups in total. The number of nitrogens with zero attached hydrogens (tertiary/aromatic N) is 1. The summed E-state index contributed by atoms with van der Waals surface area (Å²) in [5, 5.41) is 15.2. The predicted octanol–water partition coefficient (Wildman–Crippen LogP) is 4.96. The van der Waals surface area contributed by atoms with Gasteiger partial charge in [0.2, 0.25) is 5.91 Å². The third-order valence-corrected chi connectivity index (χ3v) is 7.52. The number of rotatable bonds is 13. The summed E-state index contributed by atoms with van der Waals surface area (Å²) in [6.07, 6.45) is 15.3. The Bertz CT molecular complexity index is 940. The van der Waals surface area contributed by atoms with E-state index in [4.69, 9.17) is 9.47 Å². The van der Waals surface area contributed by atoms with Crippen molar-refractivity contribution in [2.24, 2.45) is 17.8 Å². The van der Waals surface area contributed by atoms with Crippen molar-refractivity contribution in [3.8, 4) is 12.8 Å². The molecule has 0 aromatic heterocycles. The number of nitrogens with one attached hydrogen (secondary N) is 2. The zero-order valence-electron chi connectivity index (χ0n) is 27.5. The van der Waals surface area contributed by atoms with E-state index in [9.17, 15) is 19.5 Å². The lowest BCUT2D eigenvalue weighted by Gasteiger charge is -2.28. The first-order chi connectivity index (χ1) is 21.2. The van der Waals surface area contributed by atoms with Crippen LogP contribution in [-0.4, -0.2) is 79.5 Å². The summed E-state index contributed by atoms with van der Waals surface area (Å²) in [5.74, 6) is 0.861. The van der Waals surface area contributed by atoms with E-state index in [1.165, 1.54) is 37.0 Å². The molecule has 0 unspecified atom stereocenters. The standard InChI is InChI=1S/C29H45N3O6.C4H10.C2H2/c1-22(21-33)12-13-25(18-23-8-4-2-5-9-23)31-27(34)20-30-28(35)26(19-24-10-6-3-7-11-24)38-29(36)32-14-16-37-17-15-32;1-4(2)3;1-2/h3,6-7,10-11,22-23,25-26,33H,2,4-5,8-9,12-21H2,1H3,(H,30,35)(H,31,34);4H,1-3H3;1-2H/t22-,25-,26+;;/m1../s1. The maximum atomic E-state index is 13.1. The zero-order valence-corrected chi connectivity index (χ0v) is 27.5. The highest BCUT2D eigenvalue weighted by Gasteiger charge is 2.28. The first-order valence-electron chi connectivity index (χ1n) is 16.3. The molecule has 3 rings (SSSR count). The van der Waals surface area contributed by atoms with Crippen molar-refractivity contribution in [2.45, 2.75) is 97.6 Å². The van der Waals surface area contributed by atoms with Crippen molar-refractivity contribution in [1.82, 2.24) is 15.5 Å². The molecule has 2 fully saturated rings. The summed E-state index contributed by atoms with van der Waals surface area (Å²) in [6.45, 7) is 10.1. The lowest BCUT2D eigenvalue weighted by Crippen LogP contribution is -2.48. The van der Waals surface area contributed by atoms with Gasteiger partial charge in [0.25, 0.3) is 5.91 Å². The van der Waals surface area contributed by atoms with E-state index >= 15 is 0 Å². The van der Waals surface area contributed by atoms with Gasteiger partial charge in [0.05, 0.1) is 19.8 Å². The van der Waals surface area contributed by atoms with Gasteiger partial charge in [0.1, 0.15) is 0 Å². The number of amides is 3. The molecule has 0 spiro atoms. The van der Waals surface area contributed by atoms with Crippen LogP contribution in [0.5, 0.6) is 0 Å². The van der Waals surface area contributed by atoms with E-state index in [-0.39, 0.29) is 37.4 Å². The third kappa shape index (κ3) is 17.3. The van der Waals surface area contributed by atoms with Gasteiger partial charge in [0.15, 0.2) is 6.10 Å². The monoisotopic (exact) mass is 615 g/mol. The Morgan fingerprint density at radius 1 is 1.00 bits per heavy atom. The third-order valence-electron chi connectivity index (χ3n) is 7.52. The second kappa shape index (κ2) is 23.3. The topological polar surface area (TPSA) is 117 Å². The maximum Gasteiger partial charge on any atom is 0.410 e. The second-order valence-electron chi connectivity index (χ2n) is 12.5. The van der Waals surface area contributed by atoms with Crippen LogP contribution in [-0.2, 0) is 25.5 Å². The van der Waals surface area contributed by atoms with Crippen LogP contribution < -0.4 is 10.6 Å². The molecule has 9 nitrogen and oxygen atoms in total. The van der Waals surface area contributed by atoms with E-state index in [1.54, 1.807) is 0 Å². The fourth-order valence-corrected chi connectivity index (χ4v) is 5.17. The molecule has 1 aliphatic carbocycles. The molecule has 248 valence electrons. The first-order valence-corrected chi connectivity index (χ1v) is 16.3. The molecule has 9 heteroatoms. The molecule has 2 aliphatic rings. The van der Waals surface area contributed by atoms with Crippen molar-refractivity contribution < 1.29 is 29.0 Å². The van der Waals surface area contributed by atoms with E-state index in [1.807, 2.05) is 37.3 Å². The van der Waals surface area contributed by atoms with Gasteiger partial charge < -0.3 is 30.1 Å². The Labute approximate surface area is 265 Å². The highest BCUT2D eigenvalue weighted by molar-refractivity contribution is 5.88. The Kier molecular flexibility index (Phi) is 20.6. The summed E-state index contributed by atoms with van der Waals surface area (Å²) < 4.78 is 10.9. The van der Waals surface area contributed by atoms with Crippen molar-refractivity contribution in [3.63, 3.8) is 0 Å². The van der Waals surface area contributed by atoms with Crippen LogP contribution >= 0.6 is 0 Å². The van der Waals surface area contributed by atoms with Crippen LogP contribution in [0.4, 0.5) is 4.79 Å². The molecule has 1 aromatic rings. The lowest BCUT2D eigenvalue weighted by molar-refractivity contribution is -0.132. The molecule has 1 saturated heterocycles. The predicted molar refractivity (Wildman–Crippen MR) is 175 cm³/mol. The summed E-state index contributed by atoms with van der Waals surface area (Å²) in [5.41, 5.74) is 0.859. The van der Waals surface area contributed by atoms with Gasteiger partial charge in [-0.3, -0.25) is 9.59 Å². The minimum Gasteiger partial charge on any atom is -0.436 e. The van der Waals surface area contributed by atoms with E-state index in [2.05, 4.69) is 44.3 Å². The number of terminal acetylenes is 1. The molecule has 1 heterocycles. The second-order valence-corrected chi connectivity index (χ2v) is 12.5. The number of aliphatic hydroxyl groups excluding tert-OH is 1. The van der Waals surface area contributed by atoms with E-state index < -0.39 is 18.1 Å². The molecule has 1 aromatic carbocycles. The Balaban J connectivity index is 0.00000149. The lowest BCUT2D eigenvalue weighted by atomic mass is 9.83. The molecule has 1 aliphatic heterocycles. The van der Waals surface area contributed by atoms with Crippen LogP contribution in [0.2, 0.25) is 0 Å². The van der Waals surface area contributed by atoms with Gasteiger partial charge in [0, 0.05) is 32.2 Å². The van der Waals surface area contributed by atoms with E-state index in [0.29, 0.717) is 32.2 Å². The van der Waals surface area contributed by atoms with Crippen LogP contribution in [0.1, 0.15) is 84.6 Å². The number of benzene rings is 1. The normalized spacial score (nSPS) is 17.0. The largest absolute Gasteiger partial charge is 0.436 e. The van der Waals surface area contributed by atoms with Gasteiger partial charge in [-0.2, -0.15) is 0 Å². The van der Waals surface area contributed by atoms with Gasteiger partial charge in [-0.25, -0.2) is 4.79 Å². The highest BCUT2D eigenvalue weighted by Crippen LogP contribution is 2.28. The van der Waals surface area contributed by atoms with Gasteiger partial charge in [-0.15, -0.1) is 12.8 Å². The zero-order chi connectivity index (χ0) is 32.7. The highest BCUT2D eigenvalue weighted by atomic mass is 16.6. The molecular weight excluding hydrogens is 558 g/mol. The minimum atomic E-state index is -1.05. The molecule has 3 atom stereocenters. The van der Waals surface area contributed by atoms with Crippen LogP contribution in [0.15, 0.2) is 30.3 Å². The van der Waals surface area contributed by atoms with Gasteiger partial charge >= 0.3 is 6.09 Å². The molecule has 0 radical (unpaired) electrons. The number of hydrogen-bond donors (Lipinski definition) is 3. The number of carbonyl (C=O) groups excluding carboxylic acids is 3. The number of hydrogen-bond acceptors (Lipinski definition) is 6. The van der Waals surface area contributed by atoms with Gasteiger partial charge in [-0.1, -0.05) is 90.1 Å². The number of carbonyl (C=O) groups is 3. The summed E-state index contributed by atoms with van der Waals surface area (Å²) in [7, 11) is 0. The quantitative estimate of drug-likeness (QED) is 0.270. The van der Waals surface area contributed by atoms with Crippen LogP contribution in [0.25, 0.3) is 0 Å². The Morgan fingerprint density at radius 3 is 2.20 bits per heavy atom. The van der Waals surface area contributed by atoms with Crippen molar-refractivity contribution >= 4 is 17.9 Å². The fourth-order valence-electron chi connectivity index (χ4n) is 5.17. The smallest absolute Gasteiger partial charge is 0.410 e. The summed E-state index contributed by atoms with van der Waals surface area (Å²) in [4.78, 5) is 40.2. The fraction of sp³-hybridized carbons (Fsp3) is 0.686. The summed E-state index contributed by atoms with van der Waals surface area (Å²) in [6, 6.07) is 9.37. The van der Waals surface area contributed by atoms with Crippen molar-refractivity contribution in [1.29, 1.82) is 0 Å². The average molecular weight is 616 g/mol. The van der Waals surface area contributed by atoms with E-state index in [0.717, 1.165) is 30.7 Å². The summed E-state index contributed by atoms with van der Waals surface area (Å²) >= 11 is 0. The van der Waals surface area contributed by atoms with Crippen molar-refractivity contribution in [2.75, 3.05) is 39.5 Å². The molecule has 3 amide bonds. The number of aliphatic hydroxyl groups is 1. The maximum absolute atomic E-state index is 13.1. The molecule has 1 saturated carbocycles. The minimum absolute atomic E-state index is 0.00997. The number of morpholine rings is 1. The molecular formula is C35H57N3O6. The molecule has 0 bridgehead atoms. The van der Waals surface area contributed by atoms with Crippen molar-refractivity contribution in [3.05, 3.63) is 35.9 Å². The first kappa shape index (κ1) is 38.9. The van der Waals surface area contributed by atoms with Crippen LogP contribution in [0.3, 0.4) is 0 Å².